The van der Waals surface area contributed by atoms with E-state index >= 15 is 0 Å². The zero-order valence-corrected chi connectivity index (χ0v) is 9.87. The molecule has 5 nitrogen and oxygen atoms in total. The fourth-order valence-electron chi connectivity index (χ4n) is 1.49. The summed E-state index contributed by atoms with van der Waals surface area (Å²) < 4.78 is 13.1. The molecule has 0 unspecified atom stereocenters. The van der Waals surface area contributed by atoms with Gasteiger partial charge in [0, 0.05) is 13.1 Å². The van der Waals surface area contributed by atoms with Crippen LogP contribution in [-0.2, 0) is 0 Å². The SMILES string of the molecule is CCN(CC(C)C)c1nc(F)nc(N)c1N. The van der Waals surface area contributed by atoms with Crippen molar-refractivity contribution >= 4 is 17.3 Å². The normalized spacial score (nSPS) is 10.8. The molecule has 1 heterocycles. The van der Waals surface area contributed by atoms with Crippen molar-refractivity contribution in [2.75, 3.05) is 29.5 Å². The summed E-state index contributed by atoms with van der Waals surface area (Å²) in [5.74, 6) is 0.796. The Balaban J connectivity index is 3.09. The maximum Gasteiger partial charge on any atom is 0.312 e. The summed E-state index contributed by atoms with van der Waals surface area (Å²) in [6.45, 7) is 7.53. The van der Waals surface area contributed by atoms with Crippen LogP contribution in [0.25, 0.3) is 0 Å². The molecule has 0 aromatic carbocycles. The van der Waals surface area contributed by atoms with Crippen LogP contribution < -0.4 is 16.4 Å². The van der Waals surface area contributed by atoms with E-state index < -0.39 is 6.08 Å². The Hall–Kier alpha value is -1.59. The van der Waals surface area contributed by atoms with E-state index in [1.165, 1.54) is 0 Å². The predicted molar refractivity (Wildman–Crippen MR) is 63.5 cm³/mol. The van der Waals surface area contributed by atoms with Crippen LogP contribution in [0.5, 0.6) is 0 Å². The number of aromatic nitrogens is 2. The Morgan fingerprint density at radius 1 is 1.31 bits per heavy atom. The van der Waals surface area contributed by atoms with Gasteiger partial charge in [-0.25, -0.2) is 0 Å². The largest absolute Gasteiger partial charge is 0.393 e. The van der Waals surface area contributed by atoms with E-state index in [9.17, 15) is 4.39 Å². The highest BCUT2D eigenvalue weighted by Gasteiger charge is 2.15. The Kier molecular flexibility index (Phi) is 3.87. The molecule has 0 spiro atoms. The average Bonchev–Trinajstić information content (AvgIpc) is 2.20. The highest BCUT2D eigenvalue weighted by molar-refractivity contribution is 5.73. The number of nitrogen functional groups attached to an aromatic ring is 2. The van der Waals surface area contributed by atoms with Gasteiger partial charge in [0.05, 0.1) is 0 Å². The van der Waals surface area contributed by atoms with Gasteiger partial charge in [-0.2, -0.15) is 14.4 Å². The molecule has 0 radical (unpaired) electrons. The van der Waals surface area contributed by atoms with E-state index in [-0.39, 0.29) is 11.5 Å². The average molecular weight is 227 g/mol. The molecule has 1 rings (SSSR count). The van der Waals surface area contributed by atoms with Crippen LogP contribution in [0.1, 0.15) is 20.8 Å². The minimum absolute atomic E-state index is 0.00953. The van der Waals surface area contributed by atoms with Crippen LogP contribution in [0, 0.1) is 12.0 Å². The molecule has 0 saturated heterocycles. The second kappa shape index (κ2) is 4.96. The fraction of sp³-hybridized carbons (Fsp3) is 0.600. The summed E-state index contributed by atoms with van der Waals surface area (Å²) in [6.07, 6.45) is -0.844. The van der Waals surface area contributed by atoms with Crippen LogP contribution >= 0.6 is 0 Å². The minimum atomic E-state index is -0.844. The van der Waals surface area contributed by atoms with Gasteiger partial charge in [0.25, 0.3) is 0 Å². The molecule has 16 heavy (non-hydrogen) atoms. The third kappa shape index (κ3) is 2.71. The molecule has 0 saturated carbocycles. The zero-order valence-electron chi connectivity index (χ0n) is 9.87. The van der Waals surface area contributed by atoms with E-state index in [2.05, 4.69) is 23.8 Å². The number of hydrogen-bond acceptors (Lipinski definition) is 5. The molecule has 6 heteroatoms. The van der Waals surface area contributed by atoms with Crippen molar-refractivity contribution in [3.8, 4) is 0 Å². The molecule has 0 fully saturated rings. The highest BCUT2D eigenvalue weighted by Crippen LogP contribution is 2.25. The molecule has 0 aliphatic heterocycles. The van der Waals surface area contributed by atoms with Gasteiger partial charge in [-0.05, 0) is 12.8 Å². The molecule has 0 atom stereocenters. The lowest BCUT2D eigenvalue weighted by atomic mass is 10.2. The van der Waals surface area contributed by atoms with Crippen molar-refractivity contribution in [1.82, 2.24) is 9.97 Å². The monoisotopic (exact) mass is 227 g/mol. The molecular formula is C10H18FN5. The zero-order chi connectivity index (χ0) is 12.3. The van der Waals surface area contributed by atoms with Gasteiger partial charge in [-0.1, -0.05) is 13.8 Å². The maximum absolute atomic E-state index is 13.1. The molecular weight excluding hydrogens is 209 g/mol. The summed E-state index contributed by atoms with van der Waals surface area (Å²) in [7, 11) is 0. The molecule has 0 bridgehead atoms. The Morgan fingerprint density at radius 2 is 1.94 bits per heavy atom. The number of rotatable bonds is 4. The molecule has 0 aliphatic carbocycles. The number of anilines is 3. The Labute approximate surface area is 94.7 Å². The topological polar surface area (TPSA) is 81.1 Å². The van der Waals surface area contributed by atoms with Crippen molar-refractivity contribution in [3.05, 3.63) is 6.08 Å². The third-order valence-corrected chi connectivity index (χ3v) is 2.19. The quantitative estimate of drug-likeness (QED) is 0.757. The second-order valence-corrected chi connectivity index (χ2v) is 4.05. The van der Waals surface area contributed by atoms with Gasteiger partial charge in [0.2, 0.25) is 0 Å². The maximum atomic E-state index is 13.1. The first-order chi connectivity index (χ1) is 7.45. The number of nitrogens with zero attached hydrogens (tertiary/aromatic N) is 3. The van der Waals surface area contributed by atoms with E-state index in [0.717, 1.165) is 6.54 Å². The summed E-state index contributed by atoms with van der Waals surface area (Å²) in [5.41, 5.74) is 11.5. The first-order valence-electron chi connectivity index (χ1n) is 5.29. The summed E-state index contributed by atoms with van der Waals surface area (Å²) in [4.78, 5) is 8.97. The highest BCUT2D eigenvalue weighted by atomic mass is 19.1. The molecule has 0 aliphatic rings. The minimum Gasteiger partial charge on any atom is -0.393 e. The van der Waals surface area contributed by atoms with E-state index in [1.54, 1.807) is 0 Å². The first-order valence-corrected chi connectivity index (χ1v) is 5.29. The lowest BCUT2D eigenvalue weighted by Crippen LogP contribution is -2.29. The van der Waals surface area contributed by atoms with Gasteiger partial charge >= 0.3 is 6.08 Å². The number of hydrogen-bond donors (Lipinski definition) is 2. The van der Waals surface area contributed by atoms with Gasteiger partial charge < -0.3 is 16.4 Å². The predicted octanol–water partition coefficient (Wildman–Crippen LogP) is 1.26. The van der Waals surface area contributed by atoms with Crippen molar-refractivity contribution in [2.24, 2.45) is 5.92 Å². The smallest absolute Gasteiger partial charge is 0.312 e. The molecule has 0 amide bonds. The van der Waals surface area contributed by atoms with E-state index in [4.69, 9.17) is 11.5 Å². The van der Waals surface area contributed by atoms with Gasteiger partial charge in [0.1, 0.15) is 5.69 Å². The number of nitrogens with two attached hydrogens (primary N) is 2. The van der Waals surface area contributed by atoms with E-state index in [1.807, 2.05) is 11.8 Å². The van der Waals surface area contributed by atoms with Gasteiger partial charge in [-0.3, -0.25) is 0 Å². The summed E-state index contributed by atoms with van der Waals surface area (Å²) in [5, 5.41) is 0. The van der Waals surface area contributed by atoms with Crippen molar-refractivity contribution in [2.45, 2.75) is 20.8 Å². The van der Waals surface area contributed by atoms with E-state index in [0.29, 0.717) is 18.3 Å². The first kappa shape index (κ1) is 12.5. The molecule has 90 valence electrons. The lowest BCUT2D eigenvalue weighted by Gasteiger charge is -2.25. The molecule has 1 aromatic heterocycles. The number of halogens is 1. The standard InChI is InChI=1S/C10H18FN5/c1-4-16(5-6(2)3)9-7(12)8(13)14-10(11)15-9/h6H,4-5,12H2,1-3H3,(H2,13,14,15). The molecule has 1 aromatic rings. The van der Waals surface area contributed by atoms with Crippen LogP contribution in [0.15, 0.2) is 0 Å². The second-order valence-electron chi connectivity index (χ2n) is 4.05. The van der Waals surface area contributed by atoms with Crippen LogP contribution in [-0.4, -0.2) is 23.1 Å². The van der Waals surface area contributed by atoms with Gasteiger partial charge in [-0.15, -0.1) is 0 Å². The Morgan fingerprint density at radius 3 is 2.44 bits per heavy atom. The van der Waals surface area contributed by atoms with Crippen molar-refractivity contribution in [3.63, 3.8) is 0 Å². The van der Waals surface area contributed by atoms with Crippen LogP contribution in [0.3, 0.4) is 0 Å². The fourth-order valence-corrected chi connectivity index (χ4v) is 1.49. The lowest BCUT2D eigenvalue weighted by molar-refractivity contribution is 0.535. The van der Waals surface area contributed by atoms with Gasteiger partial charge in [0.15, 0.2) is 11.6 Å². The van der Waals surface area contributed by atoms with Crippen molar-refractivity contribution in [1.29, 1.82) is 0 Å². The summed E-state index contributed by atoms with van der Waals surface area (Å²) >= 11 is 0. The van der Waals surface area contributed by atoms with Crippen LogP contribution in [0.2, 0.25) is 0 Å². The summed E-state index contributed by atoms with van der Waals surface area (Å²) in [6, 6.07) is 0. The van der Waals surface area contributed by atoms with Crippen LogP contribution in [0.4, 0.5) is 21.7 Å². The third-order valence-electron chi connectivity index (χ3n) is 2.19. The Bertz CT molecular complexity index is 366. The molecule has 4 N–H and O–H groups in total. The van der Waals surface area contributed by atoms with Crippen molar-refractivity contribution < 1.29 is 4.39 Å².